The molecule has 4 nitrogen and oxygen atoms in total. The Balaban J connectivity index is 2.48. The minimum atomic E-state index is -4.62. The summed E-state index contributed by atoms with van der Waals surface area (Å²) in [5.74, 6) is -1.26. The van der Waals surface area contributed by atoms with Crippen LogP contribution in [0, 0.1) is 0 Å². The smallest absolute Gasteiger partial charge is 0.272 e. The molecule has 2 aromatic heterocycles. The molecule has 0 aromatic carbocycles. The Bertz CT molecular complexity index is 564. The molecule has 2 heterocycles. The summed E-state index contributed by atoms with van der Waals surface area (Å²) in [6.45, 7) is 2.48. The second kappa shape index (κ2) is 4.56. The predicted molar refractivity (Wildman–Crippen MR) is 58.9 cm³/mol. The molecule has 0 saturated heterocycles. The van der Waals surface area contributed by atoms with E-state index in [4.69, 9.17) is 11.6 Å². The molecular weight excluding hydrogens is 269 g/mol. The summed E-state index contributed by atoms with van der Waals surface area (Å²) in [6.07, 6.45) is -1.60. The first-order valence-corrected chi connectivity index (χ1v) is 5.42. The Labute approximate surface area is 105 Å². The van der Waals surface area contributed by atoms with Gasteiger partial charge in [0.05, 0.1) is 11.9 Å². The lowest BCUT2D eigenvalue weighted by molar-refractivity contribution is -0.144. The Morgan fingerprint density at radius 1 is 1.33 bits per heavy atom. The molecule has 0 bridgehead atoms. The Hall–Kier alpha value is -1.63. The first-order valence-electron chi connectivity index (χ1n) is 5.04. The maximum absolute atomic E-state index is 12.5. The lowest BCUT2D eigenvalue weighted by atomic mass is 10.2. The zero-order chi connectivity index (χ0) is 13.3. The molecule has 0 atom stereocenters. The Morgan fingerprint density at radius 2 is 2.06 bits per heavy atom. The van der Waals surface area contributed by atoms with Crippen molar-refractivity contribution in [3.05, 3.63) is 29.4 Å². The topological polar surface area (TPSA) is 43.6 Å². The van der Waals surface area contributed by atoms with Gasteiger partial charge in [0.25, 0.3) is 0 Å². The summed E-state index contributed by atoms with van der Waals surface area (Å²) in [5, 5.41) is 3.71. The van der Waals surface area contributed by atoms with Gasteiger partial charge in [0.2, 0.25) is 5.82 Å². The van der Waals surface area contributed by atoms with Crippen LogP contribution in [0.1, 0.15) is 12.7 Å². The van der Waals surface area contributed by atoms with Crippen LogP contribution in [0.5, 0.6) is 0 Å². The molecule has 0 aliphatic rings. The standard InChI is InChI=1S/C10H8ClF3N4/c1-2-18-5-6(4-15-18)7-3-8(11)17-9(16-7)10(12,13)14/h3-5H,2H2,1H3. The van der Waals surface area contributed by atoms with Crippen LogP contribution in [0.2, 0.25) is 5.15 Å². The molecule has 0 saturated carbocycles. The fourth-order valence-corrected chi connectivity index (χ4v) is 1.54. The zero-order valence-electron chi connectivity index (χ0n) is 9.24. The fourth-order valence-electron chi connectivity index (χ4n) is 1.36. The first-order chi connectivity index (χ1) is 8.40. The first kappa shape index (κ1) is 12.8. The van der Waals surface area contributed by atoms with Crippen molar-refractivity contribution in [3.8, 4) is 11.3 Å². The summed E-state index contributed by atoms with van der Waals surface area (Å²) in [7, 11) is 0. The van der Waals surface area contributed by atoms with E-state index in [0.29, 0.717) is 12.1 Å². The van der Waals surface area contributed by atoms with Gasteiger partial charge in [0.1, 0.15) is 5.15 Å². The summed E-state index contributed by atoms with van der Waals surface area (Å²) in [6, 6.07) is 1.27. The van der Waals surface area contributed by atoms with Crippen molar-refractivity contribution in [1.82, 2.24) is 19.7 Å². The summed E-state index contributed by atoms with van der Waals surface area (Å²) >= 11 is 5.57. The molecule has 0 spiro atoms. The van der Waals surface area contributed by atoms with E-state index in [9.17, 15) is 13.2 Å². The molecule has 0 fully saturated rings. The van der Waals surface area contributed by atoms with Gasteiger partial charge in [-0.1, -0.05) is 11.6 Å². The van der Waals surface area contributed by atoms with Crippen molar-refractivity contribution in [1.29, 1.82) is 0 Å². The van der Waals surface area contributed by atoms with E-state index < -0.39 is 12.0 Å². The van der Waals surface area contributed by atoms with Gasteiger partial charge in [-0.05, 0) is 6.92 Å². The molecule has 96 valence electrons. The Morgan fingerprint density at radius 3 is 2.61 bits per heavy atom. The quantitative estimate of drug-likeness (QED) is 0.792. The van der Waals surface area contributed by atoms with E-state index >= 15 is 0 Å². The van der Waals surface area contributed by atoms with Gasteiger partial charge in [-0.3, -0.25) is 4.68 Å². The van der Waals surface area contributed by atoms with Gasteiger partial charge in [-0.2, -0.15) is 18.3 Å². The molecule has 2 aromatic rings. The fraction of sp³-hybridized carbons (Fsp3) is 0.300. The van der Waals surface area contributed by atoms with Crippen molar-refractivity contribution >= 4 is 11.6 Å². The molecule has 2 rings (SSSR count). The van der Waals surface area contributed by atoms with Crippen molar-refractivity contribution < 1.29 is 13.2 Å². The van der Waals surface area contributed by atoms with Crippen molar-refractivity contribution in [2.75, 3.05) is 0 Å². The highest BCUT2D eigenvalue weighted by molar-refractivity contribution is 6.29. The van der Waals surface area contributed by atoms with Crippen molar-refractivity contribution in [3.63, 3.8) is 0 Å². The van der Waals surface area contributed by atoms with Crippen LogP contribution in [0.3, 0.4) is 0 Å². The van der Waals surface area contributed by atoms with Crippen LogP contribution in [-0.2, 0) is 12.7 Å². The minimum absolute atomic E-state index is 0.0991. The molecule has 0 aliphatic heterocycles. The SMILES string of the molecule is CCn1cc(-c2cc(Cl)nc(C(F)(F)F)n2)cn1. The number of hydrogen-bond donors (Lipinski definition) is 0. The van der Waals surface area contributed by atoms with Crippen LogP contribution in [-0.4, -0.2) is 19.7 Å². The van der Waals surface area contributed by atoms with E-state index in [2.05, 4.69) is 15.1 Å². The van der Waals surface area contributed by atoms with Gasteiger partial charge in [0.15, 0.2) is 0 Å². The van der Waals surface area contributed by atoms with E-state index in [-0.39, 0.29) is 10.8 Å². The number of aromatic nitrogens is 4. The van der Waals surface area contributed by atoms with E-state index in [1.165, 1.54) is 12.3 Å². The molecule has 8 heteroatoms. The third kappa shape index (κ3) is 2.61. The molecule has 18 heavy (non-hydrogen) atoms. The van der Waals surface area contributed by atoms with Gasteiger partial charge in [0, 0.05) is 24.4 Å². The third-order valence-corrected chi connectivity index (χ3v) is 2.40. The molecule has 0 N–H and O–H groups in total. The number of alkyl halides is 3. The maximum atomic E-state index is 12.5. The lowest BCUT2D eigenvalue weighted by Crippen LogP contribution is -2.11. The second-order valence-electron chi connectivity index (χ2n) is 3.48. The highest BCUT2D eigenvalue weighted by Gasteiger charge is 2.35. The second-order valence-corrected chi connectivity index (χ2v) is 3.87. The Kier molecular flexibility index (Phi) is 3.25. The van der Waals surface area contributed by atoms with Gasteiger partial charge >= 0.3 is 6.18 Å². The molecule has 0 unspecified atom stereocenters. The zero-order valence-corrected chi connectivity index (χ0v) is 10.00. The van der Waals surface area contributed by atoms with Crippen LogP contribution in [0.15, 0.2) is 18.5 Å². The number of nitrogens with zero attached hydrogens (tertiary/aromatic N) is 4. The third-order valence-electron chi connectivity index (χ3n) is 2.20. The molecule has 0 radical (unpaired) electrons. The van der Waals surface area contributed by atoms with Gasteiger partial charge < -0.3 is 0 Å². The van der Waals surface area contributed by atoms with Crippen LogP contribution >= 0.6 is 11.6 Å². The number of halogens is 4. The molecule has 0 aliphatic carbocycles. The summed E-state index contributed by atoms with van der Waals surface area (Å²) < 4.78 is 39.2. The average Bonchev–Trinajstić information content (AvgIpc) is 2.75. The van der Waals surface area contributed by atoms with Gasteiger partial charge in [-0.15, -0.1) is 0 Å². The van der Waals surface area contributed by atoms with Gasteiger partial charge in [-0.25, -0.2) is 9.97 Å². The normalized spacial score (nSPS) is 11.8. The summed E-state index contributed by atoms with van der Waals surface area (Å²) in [4.78, 5) is 6.61. The number of hydrogen-bond acceptors (Lipinski definition) is 3. The van der Waals surface area contributed by atoms with Crippen LogP contribution in [0.25, 0.3) is 11.3 Å². The van der Waals surface area contributed by atoms with E-state index in [1.54, 1.807) is 10.9 Å². The van der Waals surface area contributed by atoms with Crippen molar-refractivity contribution in [2.45, 2.75) is 19.6 Å². The number of aryl methyl sites for hydroxylation is 1. The highest BCUT2D eigenvalue weighted by Crippen LogP contribution is 2.29. The number of rotatable bonds is 2. The highest BCUT2D eigenvalue weighted by atomic mass is 35.5. The van der Waals surface area contributed by atoms with E-state index in [1.807, 2.05) is 6.92 Å². The average molecular weight is 277 g/mol. The minimum Gasteiger partial charge on any atom is -0.272 e. The lowest BCUT2D eigenvalue weighted by Gasteiger charge is -2.06. The summed E-state index contributed by atoms with van der Waals surface area (Å²) in [5.41, 5.74) is 0.564. The largest absolute Gasteiger partial charge is 0.451 e. The molecule has 0 amide bonds. The van der Waals surface area contributed by atoms with Crippen LogP contribution in [0.4, 0.5) is 13.2 Å². The van der Waals surface area contributed by atoms with Crippen LogP contribution < -0.4 is 0 Å². The van der Waals surface area contributed by atoms with E-state index in [0.717, 1.165) is 0 Å². The maximum Gasteiger partial charge on any atom is 0.451 e. The monoisotopic (exact) mass is 276 g/mol. The predicted octanol–water partition coefficient (Wildman–Crippen LogP) is 3.03. The molecular formula is C10H8ClF3N4. The van der Waals surface area contributed by atoms with Crippen molar-refractivity contribution in [2.24, 2.45) is 0 Å².